The number of thiophene rings is 2. The van der Waals surface area contributed by atoms with Crippen LogP contribution in [-0.2, 0) is 0 Å². The van der Waals surface area contributed by atoms with Gasteiger partial charge in [0, 0.05) is 4.88 Å². The molecule has 1 atom stereocenters. The predicted octanol–water partition coefficient (Wildman–Crippen LogP) is 2.59. The lowest BCUT2D eigenvalue weighted by atomic mass is 10.1. The summed E-state index contributed by atoms with van der Waals surface area (Å²) < 4.78 is 0. The van der Waals surface area contributed by atoms with Crippen LogP contribution in [0.15, 0.2) is 29.0 Å². The first-order valence-corrected chi connectivity index (χ1v) is 5.98. The topological polar surface area (TPSA) is 57.5 Å². The Balaban J connectivity index is 2.37. The molecular formula is C10H8O3S2. The summed E-state index contributed by atoms with van der Waals surface area (Å²) in [5.41, 5.74) is 0.181. The second kappa shape index (κ2) is 4.14. The van der Waals surface area contributed by atoms with E-state index in [2.05, 4.69) is 0 Å². The molecule has 5 heteroatoms. The summed E-state index contributed by atoms with van der Waals surface area (Å²) in [4.78, 5) is 12.1. The van der Waals surface area contributed by atoms with E-state index in [0.717, 1.165) is 4.88 Å². The molecule has 2 aromatic rings. The summed E-state index contributed by atoms with van der Waals surface area (Å²) >= 11 is 2.67. The molecule has 0 saturated heterocycles. The van der Waals surface area contributed by atoms with Crippen LogP contribution in [0.5, 0.6) is 0 Å². The van der Waals surface area contributed by atoms with E-state index in [0.29, 0.717) is 4.88 Å². The van der Waals surface area contributed by atoms with Crippen LogP contribution in [0, 0.1) is 0 Å². The Bertz CT molecular complexity index is 459. The lowest BCUT2D eigenvalue weighted by Crippen LogP contribution is -2.03. The van der Waals surface area contributed by atoms with Crippen molar-refractivity contribution in [3.05, 3.63) is 44.3 Å². The molecule has 0 saturated carbocycles. The van der Waals surface area contributed by atoms with Gasteiger partial charge >= 0.3 is 5.97 Å². The van der Waals surface area contributed by atoms with Gasteiger partial charge in [-0.15, -0.1) is 22.7 Å². The molecule has 0 bridgehead atoms. The smallest absolute Gasteiger partial charge is 0.336 e. The van der Waals surface area contributed by atoms with Gasteiger partial charge in [0.05, 0.1) is 10.4 Å². The Kier molecular flexibility index (Phi) is 2.86. The molecule has 0 aliphatic rings. The Labute approximate surface area is 94.2 Å². The first-order valence-electron chi connectivity index (χ1n) is 4.22. The van der Waals surface area contributed by atoms with Crippen molar-refractivity contribution in [1.29, 1.82) is 0 Å². The molecule has 78 valence electrons. The average molecular weight is 240 g/mol. The van der Waals surface area contributed by atoms with Gasteiger partial charge in [-0.1, -0.05) is 6.07 Å². The number of aromatic carboxylic acids is 1. The molecule has 1 unspecified atom stereocenters. The van der Waals surface area contributed by atoms with Crippen molar-refractivity contribution < 1.29 is 15.0 Å². The average Bonchev–Trinajstić information content (AvgIpc) is 2.88. The van der Waals surface area contributed by atoms with E-state index >= 15 is 0 Å². The fourth-order valence-corrected chi connectivity index (χ4v) is 2.97. The number of carbonyl (C=O) groups is 1. The molecule has 15 heavy (non-hydrogen) atoms. The molecule has 2 heterocycles. The van der Waals surface area contributed by atoms with Gasteiger partial charge in [0.2, 0.25) is 0 Å². The third-order valence-electron chi connectivity index (χ3n) is 1.99. The SMILES string of the molecule is O=C(O)c1ccsc1C(O)c1cccs1. The molecule has 0 fully saturated rings. The third-order valence-corrected chi connectivity index (χ3v) is 3.88. The van der Waals surface area contributed by atoms with Gasteiger partial charge in [-0.05, 0) is 22.9 Å². The molecule has 2 N–H and O–H groups in total. The van der Waals surface area contributed by atoms with Crippen LogP contribution in [0.2, 0.25) is 0 Å². The largest absolute Gasteiger partial charge is 0.478 e. The van der Waals surface area contributed by atoms with Crippen molar-refractivity contribution in [3.63, 3.8) is 0 Å². The van der Waals surface area contributed by atoms with E-state index in [1.807, 2.05) is 11.4 Å². The summed E-state index contributed by atoms with van der Waals surface area (Å²) in [7, 11) is 0. The second-order valence-corrected chi connectivity index (χ2v) is 4.85. The van der Waals surface area contributed by atoms with Gasteiger partial charge < -0.3 is 10.2 Å². The Morgan fingerprint density at radius 1 is 1.27 bits per heavy atom. The zero-order chi connectivity index (χ0) is 10.8. The van der Waals surface area contributed by atoms with Crippen molar-refractivity contribution in [3.8, 4) is 0 Å². The minimum atomic E-state index is -0.998. The van der Waals surface area contributed by atoms with Gasteiger partial charge in [0.15, 0.2) is 0 Å². The fraction of sp³-hybridized carbons (Fsp3) is 0.100. The van der Waals surface area contributed by atoms with Crippen LogP contribution in [0.1, 0.15) is 26.2 Å². The number of rotatable bonds is 3. The summed E-state index contributed by atoms with van der Waals surface area (Å²) in [6.07, 6.45) is -0.823. The number of aliphatic hydroxyl groups excluding tert-OH is 1. The van der Waals surface area contributed by atoms with Gasteiger partial charge in [-0.2, -0.15) is 0 Å². The molecular weight excluding hydrogens is 232 g/mol. The van der Waals surface area contributed by atoms with E-state index in [-0.39, 0.29) is 5.56 Å². The molecule has 2 aromatic heterocycles. The van der Waals surface area contributed by atoms with E-state index in [9.17, 15) is 9.90 Å². The lowest BCUT2D eigenvalue weighted by Gasteiger charge is -2.06. The molecule has 0 amide bonds. The fourth-order valence-electron chi connectivity index (χ4n) is 1.29. The normalized spacial score (nSPS) is 12.6. The maximum absolute atomic E-state index is 10.9. The minimum Gasteiger partial charge on any atom is -0.478 e. The third kappa shape index (κ3) is 1.94. The van der Waals surface area contributed by atoms with Gasteiger partial charge in [-0.3, -0.25) is 0 Å². The predicted molar refractivity (Wildman–Crippen MR) is 59.7 cm³/mol. The highest BCUT2D eigenvalue weighted by molar-refractivity contribution is 7.11. The second-order valence-electron chi connectivity index (χ2n) is 2.92. The van der Waals surface area contributed by atoms with E-state index < -0.39 is 12.1 Å². The first-order chi connectivity index (χ1) is 7.20. The summed E-state index contributed by atoms with van der Waals surface area (Å²) in [6, 6.07) is 5.14. The van der Waals surface area contributed by atoms with Crippen LogP contribution < -0.4 is 0 Å². The van der Waals surface area contributed by atoms with Crippen molar-refractivity contribution in [2.75, 3.05) is 0 Å². The maximum Gasteiger partial charge on any atom is 0.336 e. The number of carboxylic acid groups (broad SMARTS) is 1. The number of carboxylic acids is 1. The Morgan fingerprint density at radius 2 is 2.07 bits per heavy atom. The van der Waals surface area contributed by atoms with Crippen LogP contribution in [-0.4, -0.2) is 16.2 Å². The monoisotopic (exact) mass is 240 g/mol. The molecule has 3 nitrogen and oxygen atoms in total. The summed E-state index contributed by atoms with van der Waals surface area (Å²) in [5, 5.41) is 22.4. The maximum atomic E-state index is 10.9. The molecule has 0 aliphatic heterocycles. The molecule has 2 rings (SSSR count). The number of hydrogen-bond donors (Lipinski definition) is 2. The summed E-state index contributed by atoms with van der Waals surface area (Å²) in [6.45, 7) is 0. The van der Waals surface area contributed by atoms with E-state index in [4.69, 9.17) is 5.11 Å². The Hall–Kier alpha value is -1.17. The number of aliphatic hydroxyl groups is 1. The lowest BCUT2D eigenvalue weighted by molar-refractivity contribution is 0.0692. The highest BCUT2D eigenvalue weighted by atomic mass is 32.1. The molecule has 0 aliphatic carbocycles. The Morgan fingerprint density at radius 3 is 2.67 bits per heavy atom. The number of hydrogen-bond acceptors (Lipinski definition) is 4. The van der Waals surface area contributed by atoms with Gasteiger partial charge in [0.1, 0.15) is 6.10 Å². The highest BCUT2D eigenvalue weighted by Crippen LogP contribution is 2.31. The van der Waals surface area contributed by atoms with E-state index in [1.54, 1.807) is 11.4 Å². The molecule has 0 aromatic carbocycles. The zero-order valence-electron chi connectivity index (χ0n) is 7.58. The standard InChI is InChI=1S/C10H8O3S2/c11-8(7-2-1-4-14-7)9-6(10(12)13)3-5-15-9/h1-5,8,11H,(H,12,13). The highest BCUT2D eigenvalue weighted by Gasteiger charge is 2.20. The molecule has 0 spiro atoms. The van der Waals surface area contributed by atoms with Crippen molar-refractivity contribution in [1.82, 2.24) is 0 Å². The van der Waals surface area contributed by atoms with Crippen LogP contribution in [0.4, 0.5) is 0 Å². The van der Waals surface area contributed by atoms with E-state index in [1.165, 1.54) is 28.7 Å². The summed E-state index contributed by atoms with van der Waals surface area (Å²) in [5.74, 6) is -0.998. The van der Waals surface area contributed by atoms with Gasteiger partial charge in [-0.25, -0.2) is 4.79 Å². The van der Waals surface area contributed by atoms with Crippen molar-refractivity contribution >= 4 is 28.6 Å². The van der Waals surface area contributed by atoms with Crippen molar-refractivity contribution in [2.24, 2.45) is 0 Å². The first kappa shape index (κ1) is 10.4. The molecule has 0 radical (unpaired) electrons. The van der Waals surface area contributed by atoms with Crippen LogP contribution in [0.3, 0.4) is 0 Å². The van der Waals surface area contributed by atoms with Crippen LogP contribution >= 0.6 is 22.7 Å². The van der Waals surface area contributed by atoms with Crippen molar-refractivity contribution in [2.45, 2.75) is 6.10 Å². The van der Waals surface area contributed by atoms with Crippen LogP contribution in [0.25, 0.3) is 0 Å². The quantitative estimate of drug-likeness (QED) is 0.867. The zero-order valence-corrected chi connectivity index (χ0v) is 9.22. The minimum absolute atomic E-state index is 0.181. The van der Waals surface area contributed by atoms with Gasteiger partial charge in [0.25, 0.3) is 0 Å².